The molecule has 34 heavy (non-hydrogen) atoms. The van der Waals surface area contributed by atoms with Crippen LogP contribution in [0.5, 0.6) is 0 Å². The number of anilines is 1. The first-order valence-electron chi connectivity index (χ1n) is 12.4. The SMILES string of the molecule is Cc1cc2[nH]c(-c3n[nH]c4c3C[C@@H]3C[C@]3(C)C4)nc2cc1N(C)C(=O)CN1C[C@H](C)O[C@@H](C)C1. The Morgan fingerprint density at radius 3 is 2.82 bits per heavy atom. The van der Waals surface area contributed by atoms with Crippen molar-refractivity contribution in [1.82, 2.24) is 25.1 Å². The highest BCUT2D eigenvalue weighted by Gasteiger charge is 2.53. The number of imidazole rings is 1. The van der Waals surface area contributed by atoms with Crippen molar-refractivity contribution in [1.29, 1.82) is 0 Å². The van der Waals surface area contributed by atoms with E-state index in [2.05, 4.69) is 46.9 Å². The van der Waals surface area contributed by atoms with Gasteiger partial charge >= 0.3 is 0 Å². The molecule has 3 heterocycles. The van der Waals surface area contributed by atoms with Crippen molar-refractivity contribution in [3.63, 3.8) is 0 Å². The fourth-order valence-electron chi connectivity index (χ4n) is 6.13. The number of benzene rings is 1. The third-order valence-corrected chi connectivity index (χ3v) is 8.14. The lowest BCUT2D eigenvalue weighted by Crippen LogP contribution is -2.49. The Bertz CT molecular complexity index is 1270. The van der Waals surface area contributed by atoms with Crippen LogP contribution in [0.4, 0.5) is 5.69 Å². The van der Waals surface area contributed by atoms with E-state index in [0.29, 0.717) is 12.0 Å². The molecule has 2 N–H and O–H groups in total. The highest BCUT2D eigenvalue weighted by atomic mass is 16.5. The van der Waals surface area contributed by atoms with E-state index in [4.69, 9.17) is 9.72 Å². The molecule has 180 valence electrons. The van der Waals surface area contributed by atoms with Crippen LogP contribution in [-0.2, 0) is 22.4 Å². The Hall–Kier alpha value is -2.71. The van der Waals surface area contributed by atoms with Crippen LogP contribution in [0.25, 0.3) is 22.6 Å². The summed E-state index contributed by atoms with van der Waals surface area (Å²) in [5, 5.41) is 7.91. The topological polar surface area (TPSA) is 90.1 Å². The molecule has 1 aromatic carbocycles. The van der Waals surface area contributed by atoms with Crippen LogP contribution in [-0.4, -0.2) is 69.9 Å². The Morgan fingerprint density at radius 1 is 1.29 bits per heavy atom. The van der Waals surface area contributed by atoms with E-state index in [1.807, 2.05) is 20.0 Å². The van der Waals surface area contributed by atoms with Gasteiger partial charge in [0.05, 0.1) is 29.8 Å². The van der Waals surface area contributed by atoms with Gasteiger partial charge in [0, 0.05) is 37.1 Å². The number of amides is 1. The lowest BCUT2D eigenvalue weighted by atomic mass is 9.88. The van der Waals surface area contributed by atoms with Crippen molar-refractivity contribution < 1.29 is 9.53 Å². The lowest BCUT2D eigenvalue weighted by Gasteiger charge is -2.35. The molecule has 2 aromatic heterocycles. The molecule has 1 amide bonds. The van der Waals surface area contributed by atoms with Crippen LogP contribution in [0.15, 0.2) is 12.1 Å². The summed E-state index contributed by atoms with van der Waals surface area (Å²) in [5.41, 5.74) is 7.75. The summed E-state index contributed by atoms with van der Waals surface area (Å²) in [4.78, 5) is 25.4. The average Bonchev–Trinajstić information content (AvgIpc) is 3.05. The quantitative estimate of drug-likeness (QED) is 0.620. The number of aryl methyl sites for hydroxylation is 1. The van der Waals surface area contributed by atoms with Crippen LogP contribution >= 0.6 is 0 Å². The number of fused-ring (bicyclic) bond motifs is 3. The van der Waals surface area contributed by atoms with Crippen LogP contribution in [0.3, 0.4) is 0 Å². The number of rotatable bonds is 4. The molecule has 0 radical (unpaired) electrons. The fraction of sp³-hybridized carbons (Fsp3) is 0.577. The summed E-state index contributed by atoms with van der Waals surface area (Å²) in [5.74, 6) is 1.65. The van der Waals surface area contributed by atoms with E-state index in [9.17, 15) is 4.79 Å². The number of hydrogen-bond acceptors (Lipinski definition) is 5. The highest BCUT2D eigenvalue weighted by molar-refractivity contribution is 5.97. The van der Waals surface area contributed by atoms with Gasteiger partial charge in [-0.3, -0.25) is 14.8 Å². The molecular weight excluding hydrogens is 428 g/mol. The summed E-state index contributed by atoms with van der Waals surface area (Å²) < 4.78 is 5.81. The van der Waals surface area contributed by atoms with Gasteiger partial charge in [-0.25, -0.2) is 4.98 Å². The minimum atomic E-state index is 0.0772. The Morgan fingerprint density at radius 2 is 2.06 bits per heavy atom. The molecule has 4 atom stereocenters. The van der Waals surface area contributed by atoms with Crippen LogP contribution < -0.4 is 4.90 Å². The molecule has 3 aliphatic rings. The third kappa shape index (κ3) is 3.64. The number of nitrogens with one attached hydrogen (secondary N) is 2. The van der Waals surface area contributed by atoms with Gasteiger partial charge in [-0.05, 0) is 69.1 Å². The Kier molecular flexibility index (Phi) is 4.90. The minimum Gasteiger partial charge on any atom is -0.373 e. The van der Waals surface area contributed by atoms with E-state index in [-0.39, 0.29) is 18.1 Å². The maximum Gasteiger partial charge on any atom is 0.240 e. The third-order valence-electron chi connectivity index (χ3n) is 8.14. The van der Waals surface area contributed by atoms with Crippen molar-refractivity contribution in [3.8, 4) is 11.5 Å². The number of aromatic amines is 2. The molecule has 0 unspecified atom stereocenters. The molecule has 8 nitrogen and oxygen atoms in total. The van der Waals surface area contributed by atoms with Crippen molar-refractivity contribution in [2.24, 2.45) is 11.3 Å². The molecule has 2 aliphatic carbocycles. The van der Waals surface area contributed by atoms with E-state index in [1.54, 1.807) is 4.90 Å². The number of aromatic nitrogens is 4. The number of carbonyl (C=O) groups excluding carboxylic acids is 1. The normalized spacial score (nSPS) is 28.6. The van der Waals surface area contributed by atoms with Crippen molar-refractivity contribution in [2.45, 2.75) is 59.2 Å². The second-order valence-corrected chi connectivity index (χ2v) is 11.1. The number of ether oxygens (including phenoxy) is 1. The summed E-state index contributed by atoms with van der Waals surface area (Å²) in [6.45, 7) is 10.5. The minimum absolute atomic E-state index is 0.0772. The summed E-state index contributed by atoms with van der Waals surface area (Å²) in [6.07, 6.45) is 3.75. The van der Waals surface area contributed by atoms with Crippen molar-refractivity contribution in [2.75, 3.05) is 31.6 Å². The second kappa shape index (κ2) is 7.65. The van der Waals surface area contributed by atoms with Crippen LogP contribution in [0, 0.1) is 18.3 Å². The molecule has 1 saturated carbocycles. The Labute approximate surface area is 200 Å². The number of carbonyl (C=O) groups is 1. The number of nitrogens with zero attached hydrogens (tertiary/aromatic N) is 4. The smallest absolute Gasteiger partial charge is 0.240 e. The predicted octanol–water partition coefficient (Wildman–Crippen LogP) is 3.46. The molecule has 3 aromatic rings. The standard InChI is InChI=1S/C26H34N6O2/c1-14-6-19-20(8-22(14)31(5)23(33)13-32-11-15(2)34-16(3)12-32)28-25(27-19)24-18-7-17-9-26(17,4)10-21(18)29-30-24/h6,8,15-17H,7,9-13H2,1-5H3,(H,27,28)(H,29,30)/t15-,16-,17+,26+/m0/s1. The fourth-order valence-corrected chi connectivity index (χ4v) is 6.13. The predicted molar refractivity (Wildman–Crippen MR) is 132 cm³/mol. The van der Waals surface area contributed by atoms with Gasteiger partial charge in [0.1, 0.15) is 5.69 Å². The molecule has 1 saturated heterocycles. The van der Waals surface area contributed by atoms with Gasteiger partial charge in [-0.2, -0.15) is 5.10 Å². The first-order valence-corrected chi connectivity index (χ1v) is 12.4. The summed E-state index contributed by atoms with van der Waals surface area (Å²) in [7, 11) is 1.86. The monoisotopic (exact) mass is 462 g/mol. The molecule has 0 spiro atoms. The maximum atomic E-state index is 13.1. The van der Waals surface area contributed by atoms with Crippen molar-refractivity contribution in [3.05, 3.63) is 29.0 Å². The van der Waals surface area contributed by atoms with Crippen LogP contribution in [0.1, 0.15) is 44.0 Å². The number of H-pyrrole nitrogens is 2. The largest absolute Gasteiger partial charge is 0.373 e. The van der Waals surface area contributed by atoms with E-state index in [0.717, 1.165) is 65.7 Å². The molecule has 0 bridgehead atoms. The van der Waals surface area contributed by atoms with Gasteiger partial charge in [0.15, 0.2) is 5.82 Å². The average molecular weight is 463 g/mol. The number of morpholine rings is 1. The molecule has 2 fully saturated rings. The maximum absolute atomic E-state index is 13.1. The van der Waals surface area contributed by atoms with E-state index < -0.39 is 0 Å². The van der Waals surface area contributed by atoms with Gasteiger partial charge in [0.25, 0.3) is 0 Å². The van der Waals surface area contributed by atoms with E-state index in [1.165, 1.54) is 17.7 Å². The molecule has 1 aliphatic heterocycles. The van der Waals surface area contributed by atoms with Crippen LogP contribution in [0.2, 0.25) is 0 Å². The van der Waals surface area contributed by atoms with E-state index >= 15 is 0 Å². The summed E-state index contributed by atoms with van der Waals surface area (Å²) >= 11 is 0. The summed E-state index contributed by atoms with van der Waals surface area (Å²) in [6, 6.07) is 4.10. The zero-order valence-corrected chi connectivity index (χ0v) is 20.7. The first kappa shape index (κ1) is 21.8. The highest BCUT2D eigenvalue weighted by Crippen LogP contribution is 2.59. The zero-order valence-electron chi connectivity index (χ0n) is 20.7. The zero-order chi connectivity index (χ0) is 23.8. The van der Waals surface area contributed by atoms with Gasteiger partial charge < -0.3 is 14.6 Å². The van der Waals surface area contributed by atoms with Gasteiger partial charge in [-0.1, -0.05) is 6.92 Å². The molecular formula is C26H34N6O2. The number of likely N-dealkylation sites (N-methyl/N-ethyl adjacent to an activating group) is 1. The van der Waals surface area contributed by atoms with Gasteiger partial charge in [0.2, 0.25) is 5.91 Å². The second-order valence-electron chi connectivity index (χ2n) is 11.1. The lowest BCUT2D eigenvalue weighted by molar-refractivity contribution is -0.123. The van der Waals surface area contributed by atoms with Crippen molar-refractivity contribution >= 4 is 22.6 Å². The number of hydrogen-bond donors (Lipinski definition) is 2. The van der Waals surface area contributed by atoms with Gasteiger partial charge in [-0.15, -0.1) is 0 Å². The molecule has 8 heteroatoms. The Balaban J connectivity index is 1.25. The molecule has 6 rings (SSSR count). The first-order chi connectivity index (χ1) is 16.2.